The molecule has 1 saturated heterocycles. The van der Waals surface area contributed by atoms with Gasteiger partial charge in [0.1, 0.15) is 0 Å². The molecule has 1 aliphatic rings. The summed E-state index contributed by atoms with van der Waals surface area (Å²) in [4.78, 5) is 14.7. The zero-order chi connectivity index (χ0) is 16.9. The molecule has 2 N–H and O–H groups in total. The van der Waals surface area contributed by atoms with E-state index >= 15 is 0 Å². The Kier molecular flexibility index (Phi) is 5.48. The minimum absolute atomic E-state index is 0.0336. The van der Waals surface area contributed by atoms with Crippen LogP contribution >= 0.6 is 0 Å². The minimum atomic E-state index is -0.681. The summed E-state index contributed by atoms with van der Waals surface area (Å²) in [5.74, 6) is 0.0424. The maximum atomic E-state index is 12.4. The summed E-state index contributed by atoms with van der Waals surface area (Å²) in [7, 11) is 0. The van der Waals surface area contributed by atoms with Crippen LogP contribution in [0.1, 0.15) is 37.9 Å². The van der Waals surface area contributed by atoms with Crippen molar-refractivity contribution in [3.8, 4) is 0 Å². The smallest absolute Gasteiger partial charge is 0.237 e. The van der Waals surface area contributed by atoms with Gasteiger partial charge >= 0.3 is 0 Å². The minimum Gasteiger partial charge on any atom is -0.387 e. The van der Waals surface area contributed by atoms with E-state index in [1.807, 2.05) is 36.4 Å². The quantitative estimate of drug-likeness (QED) is 0.858. The number of carbonyl (C=O) groups is 1. The predicted octanol–water partition coefficient (Wildman–Crippen LogP) is 2.86. The SMILES string of the molecule is CCCN1CCCC1C(=O)NCC(O)c1ccc2ccccc2c1. The van der Waals surface area contributed by atoms with E-state index in [9.17, 15) is 9.90 Å². The highest BCUT2D eigenvalue weighted by Crippen LogP contribution is 2.21. The Morgan fingerprint density at radius 2 is 2.08 bits per heavy atom. The topological polar surface area (TPSA) is 52.6 Å². The van der Waals surface area contributed by atoms with Crippen LogP contribution in [-0.4, -0.2) is 41.6 Å². The molecule has 0 aliphatic carbocycles. The van der Waals surface area contributed by atoms with Gasteiger partial charge in [-0.05, 0) is 54.8 Å². The Hall–Kier alpha value is -1.91. The van der Waals surface area contributed by atoms with Crippen LogP contribution in [0.4, 0.5) is 0 Å². The molecule has 2 aromatic carbocycles. The van der Waals surface area contributed by atoms with Crippen LogP contribution in [0.3, 0.4) is 0 Å². The van der Waals surface area contributed by atoms with Crippen molar-refractivity contribution in [1.82, 2.24) is 10.2 Å². The van der Waals surface area contributed by atoms with E-state index in [2.05, 4.69) is 23.2 Å². The highest BCUT2D eigenvalue weighted by atomic mass is 16.3. The molecule has 1 amide bonds. The summed E-state index contributed by atoms with van der Waals surface area (Å²) in [5.41, 5.74) is 0.839. The van der Waals surface area contributed by atoms with Crippen molar-refractivity contribution in [1.29, 1.82) is 0 Å². The lowest BCUT2D eigenvalue weighted by molar-refractivity contribution is -0.125. The average molecular weight is 326 g/mol. The first-order valence-electron chi connectivity index (χ1n) is 8.87. The molecule has 0 saturated carbocycles. The van der Waals surface area contributed by atoms with Crippen LogP contribution < -0.4 is 5.32 Å². The van der Waals surface area contributed by atoms with Crippen molar-refractivity contribution < 1.29 is 9.90 Å². The van der Waals surface area contributed by atoms with Crippen molar-refractivity contribution >= 4 is 16.7 Å². The number of aliphatic hydroxyl groups excluding tert-OH is 1. The molecule has 0 spiro atoms. The molecule has 128 valence electrons. The molecule has 2 atom stereocenters. The second-order valence-electron chi connectivity index (χ2n) is 6.56. The Morgan fingerprint density at radius 3 is 2.88 bits per heavy atom. The van der Waals surface area contributed by atoms with E-state index in [4.69, 9.17) is 0 Å². The molecule has 2 unspecified atom stereocenters. The summed E-state index contributed by atoms with van der Waals surface area (Å²) < 4.78 is 0. The molecule has 0 radical (unpaired) electrons. The summed E-state index contributed by atoms with van der Waals surface area (Å²) in [6.07, 6.45) is 2.37. The molecular formula is C20H26N2O2. The lowest BCUT2D eigenvalue weighted by Crippen LogP contribution is -2.44. The molecule has 0 aromatic heterocycles. The third kappa shape index (κ3) is 3.77. The fourth-order valence-electron chi connectivity index (χ4n) is 3.53. The number of fused-ring (bicyclic) bond motifs is 1. The lowest BCUT2D eigenvalue weighted by Gasteiger charge is -2.23. The van der Waals surface area contributed by atoms with E-state index in [-0.39, 0.29) is 18.5 Å². The molecule has 1 fully saturated rings. The first kappa shape index (κ1) is 16.9. The van der Waals surface area contributed by atoms with Gasteiger partial charge in [-0.3, -0.25) is 9.69 Å². The summed E-state index contributed by atoms with van der Waals surface area (Å²) in [6.45, 7) is 4.36. The molecule has 0 bridgehead atoms. The number of benzene rings is 2. The predicted molar refractivity (Wildman–Crippen MR) is 96.8 cm³/mol. The summed E-state index contributed by atoms with van der Waals surface area (Å²) in [6, 6.07) is 14.0. The number of carbonyl (C=O) groups excluding carboxylic acids is 1. The molecule has 2 aromatic rings. The standard InChI is InChI=1S/C20H26N2O2/c1-2-11-22-12-5-8-18(22)20(24)21-14-19(23)17-10-9-15-6-3-4-7-16(15)13-17/h3-4,6-7,9-10,13,18-19,23H,2,5,8,11-12,14H2,1H3,(H,21,24). The van der Waals surface area contributed by atoms with Crippen LogP contribution in [0.15, 0.2) is 42.5 Å². The van der Waals surface area contributed by atoms with Gasteiger partial charge in [0.15, 0.2) is 0 Å². The number of likely N-dealkylation sites (tertiary alicyclic amines) is 1. The van der Waals surface area contributed by atoms with Crippen LogP contribution in [0.2, 0.25) is 0 Å². The van der Waals surface area contributed by atoms with Gasteiger partial charge in [0, 0.05) is 6.54 Å². The number of amides is 1. The maximum Gasteiger partial charge on any atom is 0.237 e. The van der Waals surface area contributed by atoms with E-state index in [0.29, 0.717) is 0 Å². The number of nitrogens with zero attached hydrogens (tertiary/aromatic N) is 1. The third-order valence-electron chi connectivity index (χ3n) is 4.81. The molecule has 24 heavy (non-hydrogen) atoms. The van der Waals surface area contributed by atoms with Gasteiger partial charge in [-0.2, -0.15) is 0 Å². The highest BCUT2D eigenvalue weighted by molar-refractivity contribution is 5.83. The highest BCUT2D eigenvalue weighted by Gasteiger charge is 2.29. The Balaban J connectivity index is 1.59. The largest absolute Gasteiger partial charge is 0.387 e. The second-order valence-corrected chi connectivity index (χ2v) is 6.56. The number of hydrogen-bond donors (Lipinski definition) is 2. The summed E-state index contributed by atoms with van der Waals surface area (Å²) >= 11 is 0. The van der Waals surface area contributed by atoms with E-state index in [0.717, 1.165) is 48.7 Å². The molecule has 1 heterocycles. The fourth-order valence-corrected chi connectivity index (χ4v) is 3.53. The molecule has 4 heteroatoms. The van der Waals surface area contributed by atoms with Crippen molar-refractivity contribution in [3.05, 3.63) is 48.0 Å². The number of rotatable bonds is 6. The van der Waals surface area contributed by atoms with Crippen molar-refractivity contribution in [2.24, 2.45) is 0 Å². The van der Waals surface area contributed by atoms with E-state index in [1.165, 1.54) is 0 Å². The van der Waals surface area contributed by atoms with Crippen molar-refractivity contribution in [2.45, 2.75) is 38.3 Å². The van der Waals surface area contributed by atoms with Gasteiger partial charge in [0.25, 0.3) is 0 Å². The Labute approximate surface area is 143 Å². The fraction of sp³-hybridized carbons (Fsp3) is 0.450. The molecule has 3 rings (SSSR count). The van der Waals surface area contributed by atoms with Crippen LogP contribution in [0, 0.1) is 0 Å². The van der Waals surface area contributed by atoms with E-state index in [1.54, 1.807) is 0 Å². The summed E-state index contributed by atoms with van der Waals surface area (Å²) in [5, 5.41) is 15.6. The monoisotopic (exact) mass is 326 g/mol. The van der Waals surface area contributed by atoms with Gasteiger partial charge < -0.3 is 10.4 Å². The van der Waals surface area contributed by atoms with Crippen molar-refractivity contribution in [3.63, 3.8) is 0 Å². The van der Waals surface area contributed by atoms with Crippen molar-refractivity contribution in [2.75, 3.05) is 19.6 Å². The third-order valence-corrected chi connectivity index (χ3v) is 4.81. The van der Waals surface area contributed by atoms with Gasteiger partial charge in [-0.25, -0.2) is 0 Å². The first-order chi connectivity index (χ1) is 11.7. The van der Waals surface area contributed by atoms with Gasteiger partial charge in [-0.1, -0.05) is 43.3 Å². The molecule has 4 nitrogen and oxygen atoms in total. The second kappa shape index (κ2) is 7.77. The number of aliphatic hydroxyl groups is 1. The number of nitrogens with one attached hydrogen (secondary N) is 1. The Morgan fingerprint density at radius 1 is 1.29 bits per heavy atom. The zero-order valence-corrected chi connectivity index (χ0v) is 14.2. The zero-order valence-electron chi connectivity index (χ0n) is 14.2. The lowest BCUT2D eigenvalue weighted by atomic mass is 10.0. The normalized spacial score (nSPS) is 19.5. The van der Waals surface area contributed by atoms with Crippen LogP contribution in [0.25, 0.3) is 10.8 Å². The number of hydrogen-bond acceptors (Lipinski definition) is 3. The van der Waals surface area contributed by atoms with E-state index < -0.39 is 6.10 Å². The van der Waals surface area contributed by atoms with Crippen LogP contribution in [-0.2, 0) is 4.79 Å². The molecular weight excluding hydrogens is 300 g/mol. The Bertz CT molecular complexity index is 701. The molecule has 1 aliphatic heterocycles. The maximum absolute atomic E-state index is 12.4. The van der Waals surface area contributed by atoms with Gasteiger partial charge in [-0.15, -0.1) is 0 Å². The van der Waals surface area contributed by atoms with Gasteiger partial charge in [0.05, 0.1) is 12.1 Å². The first-order valence-corrected chi connectivity index (χ1v) is 8.87. The van der Waals surface area contributed by atoms with Gasteiger partial charge in [0.2, 0.25) is 5.91 Å². The average Bonchev–Trinajstić information content (AvgIpc) is 3.07. The van der Waals surface area contributed by atoms with Crippen LogP contribution in [0.5, 0.6) is 0 Å².